The third-order valence-electron chi connectivity index (χ3n) is 5.33. The van der Waals surface area contributed by atoms with Crippen LogP contribution in [0.15, 0.2) is 54.9 Å². The molecule has 1 heterocycles. The van der Waals surface area contributed by atoms with Gasteiger partial charge in [0.05, 0.1) is 31.5 Å². The number of hydrogen-bond acceptors (Lipinski definition) is 6. The highest BCUT2D eigenvalue weighted by Crippen LogP contribution is 2.19. The molecule has 2 aromatic carbocycles. The van der Waals surface area contributed by atoms with Gasteiger partial charge < -0.3 is 24.8 Å². The molecule has 0 aliphatic carbocycles. The highest BCUT2D eigenvalue weighted by atomic mass is 19.1. The summed E-state index contributed by atoms with van der Waals surface area (Å²) in [6.45, 7) is 2.33. The fraction of sp³-hybridized carbons (Fsp3) is 0.320. The van der Waals surface area contributed by atoms with Crippen LogP contribution in [-0.2, 0) is 21.5 Å². The van der Waals surface area contributed by atoms with E-state index in [1.54, 1.807) is 44.3 Å². The summed E-state index contributed by atoms with van der Waals surface area (Å²) < 4.78 is 26.1. The minimum Gasteiger partial charge on any atom is -0.492 e. The number of aliphatic hydroxyl groups is 1. The predicted molar refractivity (Wildman–Crippen MR) is 137 cm³/mol. The van der Waals surface area contributed by atoms with E-state index in [-0.39, 0.29) is 43.7 Å². The number of nitrogens with zero attached hydrogens (tertiary/aromatic N) is 3. The van der Waals surface area contributed by atoms with E-state index in [0.29, 0.717) is 23.5 Å². The molecule has 9 nitrogen and oxygen atoms in total. The summed E-state index contributed by atoms with van der Waals surface area (Å²) in [6, 6.07) is 10.9. The van der Waals surface area contributed by atoms with Crippen molar-refractivity contribution in [2.45, 2.75) is 25.3 Å². The van der Waals surface area contributed by atoms with E-state index in [9.17, 15) is 19.1 Å². The molecule has 0 unspecified atom stereocenters. The number of amides is 2. The molecule has 0 saturated carbocycles. The van der Waals surface area contributed by atoms with Crippen molar-refractivity contribution in [2.24, 2.45) is 0 Å². The van der Waals surface area contributed by atoms with Crippen LogP contribution in [0.1, 0.15) is 17.5 Å². The average molecular weight is 504 g/mol. The number of rotatable bonds is 12. The predicted octanol–water partition coefficient (Wildman–Crippen LogP) is 1.72. The zero-order valence-corrected chi connectivity index (χ0v) is 20.7. The van der Waals surface area contributed by atoms with Crippen molar-refractivity contribution in [3.63, 3.8) is 0 Å². The number of aromatic nitrogens is 2. The van der Waals surface area contributed by atoms with Crippen molar-refractivity contribution < 1.29 is 28.6 Å². The second-order valence-corrected chi connectivity index (χ2v) is 8.52. The van der Waals surface area contributed by atoms with Crippen LogP contribution in [-0.4, -0.2) is 74.1 Å². The third-order valence-corrected chi connectivity index (χ3v) is 5.33. The highest BCUT2D eigenvalue weighted by Gasteiger charge is 2.15. The summed E-state index contributed by atoms with van der Waals surface area (Å²) in [4.78, 5) is 26.1. The molecule has 2 N–H and O–H groups in total. The Balaban J connectivity index is 1.37. The van der Waals surface area contributed by atoms with Crippen molar-refractivity contribution in [1.82, 2.24) is 14.7 Å². The molecule has 0 fully saturated rings. The molecule has 3 aromatic rings. The standard InChI is InChI=1S/C25H27B2FN4O5/c1-17-3-8-22(21(28)13-17)37-11-9-23(33)30-19-14-29-32(15-19)16-24(34)31(2)10-12-36-20-6-4-18(5-7-20)25(26,27)35/h3-8,13-15,35H,9-12,16H2,1-2H3,(H,30,33). The minimum absolute atomic E-state index is 0.0116. The van der Waals surface area contributed by atoms with Gasteiger partial charge in [-0.3, -0.25) is 14.3 Å². The maximum Gasteiger partial charge on any atom is 0.244 e. The van der Waals surface area contributed by atoms with E-state index >= 15 is 0 Å². The van der Waals surface area contributed by atoms with Gasteiger partial charge in [0.15, 0.2) is 11.6 Å². The average Bonchev–Trinajstić information content (AvgIpc) is 3.26. The summed E-state index contributed by atoms with van der Waals surface area (Å²) in [5.74, 6) is -0.383. The molecule has 2 amide bonds. The monoisotopic (exact) mass is 504 g/mol. The first-order chi connectivity index (χ1) is 17.5. The summed E-state index contributed by atoms with van der Waals surface area (Å²) in [6.07, 6.45) is 2.99. The van der Waals surface area contributed by atoms with Gasteiger partial charge in [0, 0.05) is 18.6 Å². The number of likely N-dealkylation sites (N-methyl/N-ethyl adjacent to an activating group) is 1. The lowest BCUT2D eigenvalue weighted by molar-refractivity contribution is -0.131. The molecule has 12 heteroatoms. The minimum atomic E-state index is -1.92. The molecule has 4 radical (unpaired) electrons. The number of halogens is 1. The largest absolute Gasteiger partial charge is 0.492 e. The van der Waals surface area contributed by atoms with Crippen LogP contribution in [0, 0.1) is 12.7 Å². The van der Waals surface area contributed by atoms with E-state index in [1.165, 1.54) is 34.1 Å². The molecule has 37 heavy (non-hydrogen) atoms. The Morgan fingerprint density at radius 1 is 1.16 bits per heavy atom. The number of ether oxygens (including phenoxy) is 2. The quantitative estimate of drug-likeness (QED) is 0.364. The first-order valence-corrected chi connectivity index (χ1v) is 11.5. The normalized spacial score (nSPS) is 11.1. The molecule has 190 valence electrons. The van der Waals surface area contributed by atoms with Crippen molar-refractivity contribution in [3.8, 4) is 11.5 Å². The molecule has 1 aromatic heterocycles. The van der Waals surface area contributed by atoms with Crippen molar-refractivity contribution in [1.29, 1.82) is 0 Å². The number of carbonyl (C=O) groups is 2. The van der Waals surface area contributed by atoms with Crippen LogP contribution in [0.3, 0.4) is 0 Å². The molecular weight excluding hydrogens is 477 g/mol. The lowest BCUT2D eigenvalue weighted by Gasteiger charge is -2.20. The fourth-order valence-corrected chi connectivity index (χ4v) is 3.22. The lowest BCUT2D eigenvalue weighted by atomic mass is 9.61. The molecule has 0 bridgehead atoms. The maximum absolute atomic E-state index is 13.8. The topological polar surface area (TPSA) is 106 Å². The second kappa shape index (κ2) is 12.4. The summed E-state index contributed by atoms with van der Waals surface area (Å²) in [5.41, 5.74) is 1.54. The highest BCUT2D eigenvalue weighted by molar-refractivity contribution is 6.38. The zero-order chi connectivity index (χ0) is 27.0. The third kappa shape index (κ3) is 8.68. The van der Waals surface area contributed by atoms with E-state index in [1.807, 2.05) is 0 Å². The van der Waals surface area contributed by atoms with Gasteiger partial charge in [-0.1, -0.05) is 18.2 Å². The Morgan fingerprint density at radius 2 is 1.89 bits per heavy atom. The maximum atomic E-state index is 13.8. The summed E-state index contributed by atoms with van der Waals surface area (Å²) in [7, 11) is 12.5. The first kappa shape index (κ1) is 27.8. The number of nitrogens with one attached hydrogen (secondary N) is 1. The van der Waals surface area contributed by atoms with Crippen LogP contribution in [0.5, 0.6) is 11.5 Å². The van der Waals surface area contributed by atoms with Crippen LogP contribution >= 0.6 is 0 Å². The molecule has 0 spiro atoms. The number of hydrogen-bond donors (Lipinski definition) is 2. The van der Waals surface area contributed by atoms with Gasteiger partial charge in [-0.05, 0) is 42.3 Å². The fourth-order valence-electron chi connectivity index (χ4n) is 3.22. The van der Waals surface area contributed by atoms with E-state index in [4.69, 9.17) is 25.2 Å². The van der Waals surface area contributed by atoms with E-state index in [2.05, 4.69) is 10.4 Å². The van der Waals surface area contributed by atoms with Gasteiger partial charge in [0.1, 0.15) is 34.6 Å². The van der Waals surface area contributed by atoms with Crippen molar-refractivity contribution in [2.75, 3.05) is 32.1 Å². The molecule has 0 aliphatic rings. The Morgan fingerprint density at radius 3 is 2.57 bits per heavy atom. The van der Waals surface area contributed by atoms with Gasteiger partial charge >= 0.3 is 0 Å². The van der Waals surface area contributed by atoms with Gasteiger partial charge in [-0.25, -0.2) is 4.39 Å². The summed E-state index contributed by atoms with van der Waals surface area (Å²) in [5, 5.41) is 14.4. The first-order valence-electron chi connectivity index (χ1n) is 11.5. The van der Waals surface area contributed by atoms with Crippen LogP contribution < -0.4 is 14.8 Å². The Hall–Kier alpha value is -3.79. The van der Waals surface area contributed by atoms with Gasteiger partial charge in [0.25, 0.3) is 0 Å². The number of carbonyl (C=O) groups excluding carboxylic acids is 2. The van der Waals surface area contributed by atoms with Crippen molar-refractivity contribution >= 4 is 33.2 Å². The summed E-state index contributed by atoms with van der Waals surface area (Å²) >= 11 is 0. The van der Waals surface area contributed by atoms with Crippen LogP contribution in [0.25, 0.3) is 0 Å². The van der Waals surface area contributed by atoms with E-state index < -0.39 is 11.2 Å². The molecule has 3 rings (SSSR count). The van der Waals surface area contributed by atoms with Crippen LogP contribution in [0.2, 0.25) is 0 Å². The number of benzene rings is 2. The Bertz CT molecular complexity index is 1210. The van der Waals surface area contributed by atoms with Crippen LogP contribution in [0.4, 0.5) is 10.1 Å². The van der Waals surface area contributed by atoms with E-state index in [0.717, 1.165) is 5.56 Å². The number of anilines is 1. The molecule has 0 atom stereocenters. The number of aryl methyl sites for hydroxylation is 1. The smallest absolute Gasteiger partial charge is 0.244 e. The SMILES string of the molecule is [B]C([B])(O)c1ccc(OCCN(C)C(=O)Cn2cc(NC(=O)CCOc3ccc(C)cc3F)cn2)cc1. The van der Waals surface area contributed by atoms with Gasteiger partial charge in [0.2, 0.25) is 11.8 Å². The lowest BCUT2D eigenvalue weighted by Crippen LogP contribution is -2.33. The van der Waals surface area contributed by atoms with Gasteiger partial charge in [-0.15, -0.1) is 0 Å². The molecular formula is C25H27B2FN4O5. The molecule has 0 aliphatic heterocycles. The molecule has 0 saturated heterocycles. The van der Waals surface area contributed by atoms with Crippen molar-refractivity contribution in [3.05, 3.63) is 71.8 Å². The Kier molecular flexibility index (Phi) is 9.35. The second-order valence-electron chi connectivity index (χ2n) is 8.52. The van der Waals surface area contributed by atoms with Gasteiger partial charge in [-0.2, -0.15) is 5.10 Å². The Labute approximate surface area is 217 Å². The zero-order valence-electron chi connectivity index (χ0n) is 20.7.